The van der Waals surface area contributed by atoms with Gasteiger partial charge in [0.05, 0.1) is 0 Å². The molecule has 0 saturated carbocycles. The summed E-state index contributed by atoms with van der Waals surface area (Å²) in [5.74, 6) is 1.73. The molecule has 96 valence electrons. The first-order chi connectivity index (χ1) is 7.71. The third-order valence-electron chi connectivity index (χ3n) is 4.34. The van der Waals surface area contributed by atoms with Gasteiger partial charge >= 0.3 is 0 Å². The first-order valence-corrected chi connectivity index (χ1v) is 7.10. The fourth-order valence-electron chi connectivity index (χ4n) is 2.77. The van der Waals surface area contributed by atoms with Gasteiger partial charge in [-0.05, 0) is 38.3 Å². The van der Waals surface area contributed by atoms with E-state index >= 15 is 0 Å². The number of nitrogens with zero attached hydrogens (tertiary/aromatic N) is 1. The van der Waals surface area contributed by atoms with Gasteiger partial charge in [-0.1, -0.05) is 33.6 Å². The van der Waals surface area contributed by atoms with Crippen LogP contribution in [0.1, 0.15) is 46.5 Å². The molecule has 1 rings (SSSR count). The predicted molar refractivity (Wildman–Crippen MR) is 71.8 cm³/mol. The lowest BCUT2D eigenvalue weighted by Gasteiger charge is -2.36. The van der Waals surface area contributed by atoms with Crippen LogP contribution in [0.3, 0.4) is 0 Å². The summed E-state index contributed by atoms with van der Waals surface area (Å²) in [6.07, 6.45) is 5.47. The minimum Gasteiger partial charge on any atom is -0.315 e. The van der Waals surface area contributed by atoms with Gasteiger partial charge in [-0.15, -0.1) is 0 Å². The summed E-state index contributed by atoms with van der Waals surface area (Å²) in [7, 11) is 2.11. The van der Waals surface area contributed by atoms with Crippen LogP contribution in [0.2, 0.25) is 0 Å². The number of hydrogen-bond acceptors (Lipinski definition) is 2. The van der Waals surface area contributed by atoms with Crippen molar-refractivity contribution in [3.8, 4) is 0 Å². The standard InChI is InChI=1S/C14H30N2/c1-5-12(3)14(15-4)11-16-9-7-8-13(6-2)10-16/h12-15H,5-11H2,1-4H3. The van der Waals surface area contributed by atoms with Gasteiger partial charge in [-0.3, -0.25) is 0 Å². The smallest absolute Gasteiger partial charge is 0.0217 e. The number of hydrogen-bond donors (Lipinski definition) is 1. The van der Waals surface area contributed by atoms with Crippen molar-refractivity contribution in [1.29, 1.82) is 0 Å². The molecule has 2 heteroatoms. The zero-order valence-electron chi connectivity index (χ0n) is 11.6. The van der Waals surface area contributed by atoms with Crippen molar-refractivity contribution < 1.29 is 0 Å². The van der Waals surface area contributed by atoms with E-state index < -0.39 is 0 Å². The van der Waals surface area contributed by atoms with E-state index in [0.717, 1.165) is 11.8 Å². The fraction of sp³-hybridized carbons (Fsp3) is 1.00. The van der Waals surface area contributed by atoms with Crippen molar-refractivity contribution in [3.63, 3.8) is 0 Å². The maximum Gasteiger partial charge on any atom is 0.0217 e. The third-order valence-corrected chi connectivity index (χ3v) is 4.34. The summed E-state index contributed by atoms with van der Waals surface area (Å²) in [5.41, 5.74) is 0. The van der Waals surface area contributed by atoms with Crippen LogP contribution in [0, 0.1) is 11.8 Å². The molecule has 1 aliphatic rings. The second kappa shape index (κ2) is 7.29. The number of rotatable bonds is 6. The van der Waals surface area contributed by atoms with Crippen LogP contribution in [-0.2, 0) is 0 Å². The Morgan fingerprint density at radius 2 is 2.12 bits per heavy atom. The molecule has 1 heterocycles. The number of piperidine rings is 1. The maximum atomic E-state index is 3.49. The van der Waals surface area contributed by atoms with E-state index in [9.17, 15) is 0 Å². The summed E-state index contributed by atoms with van der Waals surface area (Å²) < 4.78 is 0. The van der Waals surface area contributed by atoms with Gasteiger partial charge in [0.25, 0.3) is 0 Å². The van der Waals surface area contributed by atoms with E-state index in [1.54, 1.807) is 0 Å². The molecule has 0 aromatic carbocycles. The highest BCUT2D eigenvalue weighted by Crippen LogP contribution is 2.20. The van der Waals surface area contributed by atoms with Crippen molar-refractivity contribution in [2.24, 2.45) is 11.8 Å². The van der Waals surface area contributed by atoms with Crippen LogP contribution < -0.4 is 5.32 Å². The zero-order valence-corrected chi connectivity index (χ0v) is 11.6. The molecule has 3 atom stereocenters. The van der Waals surface area contributed by atoms with Crippen molar-refractivity contribution >= 4 is 0 Å². The molecule has 0 aromatic rings. The second-order valence-corrected chi connectivity index (χ2v) is 5.46. The fourth-order valence-corrected chi connectivity index (χ4v) is 2.77. The van der Waals surface area contributed by atoms with Gasteiger partial charge in [-0.25, -0.2) is 0 Å². The zero-order chi connectivity index (χ0) is 12.0. The van der Waals surface area contributed by atoms with E-state index in [0.29, 0.717) is 6.04 Å². The number of likely N-dealkylation sites (N-methyl/N-ethyl adjacent to an activating group) is 1. The van der Waals surface area contributed by atoms with Crippen molar-refractivity contribution in [2.75, 3.05) is 26.7 Å². The predicted octanol–water partition coefficient (Wildman–Crippen LogP) is 2.74. The molecule has 2 nitrogen and oxygen atoms in total. The summed E-state index contributed by atoms with van der Waals surface area (Å²) >= 11 is 0. The van der Waals surface area contributed by atoms with E-state index in [2.05, 4.69) is 38.0 Å². The first kappa shape index (κ1) is 14.0. The molecular weight excluding hydrogens is 196 g/mol. The Labute approximate surface area is 102 Å². The summed E-state index contributed by atoms with van der Waals surface area (Å²) in [6, 6.07) is 0.667. The molecule has 0 amide bonds. The Morgan fingerprint density at radius 3 is 2.69 bits per heavy atom. The Kier molecular flexibility index (Phi) is 6.37. The number of nitrogens with one attached hydrogen (secondary N) is 1. The monoisotopic (exact) mass is 226 g/mol. The van der Waals surface area contributed by atoms with E-state index in [1.807, 2.05) is 0 Å². The van der Waals surface area contributed by atoms with E-state index in [4.69, 9.17) is 0 Å². The Bertz CT molecular complexity index is 182. The molecule has 1 N–H and O–H groups in total. The van der Waals surface area contributed by atoms with Crippen LogP contribution >= 0.6 is 0 Å². The molecular formula is C14H30N2. The SMILES string of the molecule is CCC1CCCN(CC(NC)C(C)CC)C1. The highest BCUT2D eigenvalue weighted by atomic mass is 15.2. The first-order valence-electron chi connectivity index (χ1n) is 7.10. The quantitative estimate of drug-likeness (QED) is 0.749. The highest BCUT2D eigenvalue weighted by Gasteiger charge is 2.22. The van der Waals surface area contributed by atoms with Gasteiger partial charge < -0.3 is 10.2 Å². The summed E-state index contributed by atoms with van der Waals surface area (Å²) in [4.78, 5) is 2.67. The lowest BCUT2D eigenvalue weighted by molar-refractivity contribution is 0.145. The molecule has 3 unspecified atom stereocenters. The van der Waals surface area contributed by atoms with Crippen molar-refractivity contribution in [1.82, 2.24) is 10.2 Å². The van der Waals surface area contributed by atoms with Gasteiger partial charge in [0.15, 0.2) is 0 Å². The minimum absolute atomic E-state index is 0.667. The largest absolute Gasteiger partial charge is 0.315 e. The highest BCUT2D eigenvalue weighted by molar-refractivity contribution is 4.79. The number of likely N-dealkylation sites (tertiary alicyclic amines) is 1. The average molecular weight is 226 g/mol. The Balaban J connectivity index is 2.38. The molecule has 0 aromatic heterocycles. The van der Waals surface area contributed by atoms with Crippen LogP contribution in [-0.4, -0.2) is 37.6 Å². The lowest BCUT2D eigenvalue weighted by Crippen LogP contribution is -2.46. The average Bonchev–Trinajstić information content (AvgIpc) is 2.35. The van der Waals surface area contributed by atoms with Gasteiger partial charge in [0.2, 0.25) is 0 Å². The van der Waals surface area contributed by atoms with Gasteiger partial charge in [0.1, 0.15) is 0 Å². The normalized spacial score (nSPS) is 26.6. The van der Waals surface area contributed by atoms with Crippen LogP contribution in [0.25, 0.3) is 0 Å². The lowest BCUT2D eigenvalue weighted by atomic mass is 9.93. The molecule has 0 bridgehead atoms. The Hall–Kier alpha value is -0.0800. The molecule has 0 spiro atoms. The molecule has 16 heavy (non-hydrogen) atoms. The van der Waals surface area contributed by atoms with Crippen LogP contribution in [0.5, 0.6) is 0 Å². The van der Waals surface area contributed by atoms with Gasteiger partial charge in [-0.2, -0.15) is 0 Å². The van der Waals surface area contributed by atoms with Crippen molar-refractivity contribution in [2.45, 2.75) is 52.5 Å². The maximum absolute atomic E-state index is 3.49. The van der Waals surface area contributed by atoms with E-state index in [-0.39, 0.29) is 0 Å². The van der Waals surface area contributed by atoms with E-state index in [1.165, 1.54) is 45.3 Å². The summed E-state index contributed by atoms with van der Waals surface area (Å²) in [5, 5.41) is 3.49. The molecule has 1 aliphatic heterocycles. The Morgan fingerprint density at radius 1 is 1.38 bits per heavy atom. The molecule has 1 fully saturated rings. The minimum atomic E-state index is 0.667. The summed E-state index contributed by atoms with van der Waals surface area (Å²) in [6.45, 7) is 10.9. The molecule has 1 saturated heterocycles. The molecule has 0 aliphatic carbocycles. The third kappa shape index (κ3) is 4.06. The van der Waals surface area contributed by atoms with Crippen LogP contribution in [0.4, 0.5) is 0 Å². The van der Waals surface area contributed by atoms with Crippen molar-refractivity contribution in [3.05, 3.63) is 0 Å². The van der Waals surface area contributed by atoms with Crippen LogP contribution in [0.15, 0.2) is 0 Å². The molecule has 0 radical (unpaired) electrons. The van der Waals surface area contributed by atoms with Gasteiger partial charge in [0, 0.05) is 19.1 Å². The second-order valence-electron chi connectivity index (χ2n) is 5.46. The topological polar surface area (TPSA) is 15.3 Å².